The molecular weight excluding hydrogens is 322 g/mol. The van der Waals surface area contributed by atoms with Crippen LogP contribution in [0.1, 0.15) is 66.4 Å². The Hall–Kier alpha value is -1.11. The average molecular weight is 352 g/mol. The van der Waals surface area contributed by atoms with Crippen LogP contribution in [-0.2, 0) is 14.0 Å². The van der Waals surface area contributed by atoms with Crippen molar-refractivity contribution in [1.29, 1.82) is 0 Å². The topological polar surface area (TPSA) is 40.8 Å². The van der Waals surface area contributed by atoms with Crippen molar-refractivity contribution < 1.29 is 22.9 Å². The lowest BCUT2D eigenvalue weighted by Crippen LogP contribution is -2.41. The van der Waals surface area contributed by atoms with Crippen molar-refractivity contribution in [3.63, 3.8) is 0 Å². The first-order valence-electron chi connectivity index (χ1n) is 8.77. The summed E-state index contributed by atoms with van der Waals surface area (Å²) in [5.74, 6) is 1.22. The van der Waals surface area contributed by atoms with E-state index in [4.69, 9.17) is 18.5 Å². The minimum absolute atomic E-state index is 0.287. The molecule has 0 aliphatic carbocycles. The maximum atomic E-state index is 15.3. The van der Waals surface area contributed by atoms with E-state index in [0.717, 1.165) is 5.76 Å². The van der Waals surface area contributed by atoms with Crippen molar-refractivity contribution >= 4 is 12.7 Å². The van der Waals surface area contributed by atoms with E-state index in [2.05, 4.69) is 0 Å². The zero-order valence-corrected chi connectivity index (χ0v) is 16.7. The zero-order valence-electron chi connectivity index (χ0n) is 16.7. The smallest absolute Gasteiger partial charge is 0.462 e. The first kappa shape index (κ1) is 20.2. The fourth-order valence-corrected chi connectivity index (χ4v) is 2.51. The largest absolute Gasteiger partial charge is 0.525 e. The highest BCUT2D eigenvalue weighted by molar-refractivity contribution is 6.55. The van der Waals surface area contributed by atoms with Gasteiger partial charge in [-0.05, 0) is 67.5 Å². The highest BCUT2D eigenvalue weighted by Gasteiger charge is 2.53. The Morgan fingerprint density at radius 2 is 1.68 bits per heavy atom. The van der Waals surface area contributed by atoms with Crippen molar-refractivity contribution in [2.75, 3.05) is 6.61 Å². The van der Waals surface area contributed by atoms with Crippen LogP contribution in [0.25, 0.3) is 5.57 Å². The molecule has 1 aliphatic heterocycles. The predicted molar refractivity (Wildman–Crippen MR) is 97.9 cm³/mol. The SMILES string of the molecule is Cc1ccc(C(CCOC(C)(C)C)=C(F)B2OC(C)(C)C(C)(C)O2)o1. The number of ether oxygens (including phenoxy) is 1. The van der Waals surface area contributed by atoms with Crippen LogP contribution in [0.3, 0.4) is 0 Å². The van der Waals surface area contributed by atoms with Gasteiger partial charge >= 0.3 is 7.12 Å². The van der Waals surface area contributed by atoms with Gasteiger partial charge in [0.2, 0.25) is 0 Å². The van der Waals surface area contributed by atoms with Crippen LogP contribution >= 0.6 is 0 Å². The van der Waals surface area contributed by atoms with Gasteiger partial charge in [0.1, 0.15) is 17.2 Å². The second-order valence-electron chi connectivity index (χ2n) is 8.54. The van der Waals surface area contributed by atoms with Gasteiger partial charge in [0.05, 0.1) is 23.4 Å². The van der Waals surface area contributed by atoms with Gasteiger partial charge in [0.25, 0.3) is 0 Å². The van der Waals surface area contributed by atoms with Crippen LogP contribution in [0.5, 0.6) is 0 Å². The van der Waals surface area contributed by atoms with E-state index in [9.17, 15) is 0 Å². The molecule has 0 N–H and O–H groups in total. The Morgan fingerprint density at radius 1 is 1.12 bits per heavy atom. The number of halogens is 1. The summed E-state index contributed by atoms with van der Waals surface area (Å²) in [7, 11) is -1.04. The van der Waals surface area contributed by atoms with Gasteiger partial charge < -0.3 is 18.5 Å². The van der Waals surface area contributed by atoms with Gasteiger partial charge in [0, 0.05) is 12.0 Å². The van der Waals surface area contributed by atoms with Gasteiger partial charge in [-0.2, -0.15) is 0 Å². The maximum absolute atomic E-state index is 15.3. The molecule has 0 saturated carbocycles. The average Bonchev–Trinajstić information content (AvgIpc) is 2.95. The van der Waals surface area contributed by atoms with Crippen molar-refractivity contribution in [3.8, 4) is 0 Å². The van der Waals surface area contributed by atoms with Crippen molar-refractivity contribution in [2.45, 2.75) is 78.6 Å². The van der Waals surface area contributed by atoms with Gasteiger partial charge in [-0.3, -0.25) is 0 Å². The van der Waals surface area contributed by atoms with E-state index in [1.54, 1.807) is 6.07 Å². The molecule has 1 saturated heterocycles. The van der Waals surface area contributed by atoms with Gasteiger partial charge in [-0.1, -0.05) is 0 Å². The van der Waals surface area contributed by atoms with Gasteiger partial charge in [-0.25, -0.2) is 4.39 Å². The highest BCUT2D eigenvalue weighted by Crippen LogP contribution is 2.40. The van der Waals surface area contributed by atoms with Crippen molar-refractivity contribution in [2.24, 2.45) is 0 Å². The fraction of sp³-hybridized carbons (Fsp3) is 0.684. The Bertz CT molecular complexity index is 624. The molecule has 2 heterocycles. The molecule has 0 atom stereocenters. The lowest BCUT2D eigenvalue weighted by atomic mass is 9.83. The van der Waals surface area contributed by atoms with Crippen LogP contribution in [-0.4, -0.2) is 30.5 Å². The van der Waals surface area contributed by atoms with Crippen molar-refractivity contribution in [3.05, 3.63) is 29.4 Å². The molecule has 0 spiro atoms. The molecule has 4 nitrogen and oxygen atoms in total. The number of rotatable bonds is 5. The first-order valence-corrected chi connectivity index (χ1v) is 8.77. The molecule has 6 heteroatoms. The zero-order chi connectivity index (χ0) is 19.0. The summed E-state index contributed by atoms with van der Waals surface area (Å²) in [6.07, 6.45) is 0.375. The van der Waals surface area contributed by atoms with Crippen LogP contribution in [0, 0.1) is 6.92 Å². The molecule has 140 valence electrons. The van der Waals surface area contributed by atoms with Crippen LogP contribution in [0.4, 0.5) is 4.39 Å². The number of hydrogen-bond acceptors (Lipinski definition) is 4. The van der Waals surface area contributed by atoms with Crippen LogP contribution in [0.2, 0.25) is 0 Å². The summed E-state index contributed by atoms with van der Waals surface area (Å²) in [6.45, 7) is 15.7. The molecule has 0 unspecified atom stereocenters. The molecule has 0 amide bonds. The molecule has 1 aromatic rings. The third-order valence-corrected chi connectivity index (χ3v) is 4.67. The Kier molecular flexibility index (Phi) is 5.57. The molecular formula is C19H30BFO4. The molecule has 1 aliphatic rings. The third-order valence-electron chi connectivity index (χ3n) is 4.67. The van der Waals surface area contributed by atoms with Crippen LogP contribution < -0.4 is 0 Å². The van der Waals surface area contributed by atoms with E-state index < -0.39 is 24.0 Å². The summed E-state index contributed by atoms with van der Waals surface area (Å²) >= 11 is 0. The van der Waals surface area contributed by atoms with Gasteiger partial charge in [-0.15, -0.1) is 0 Å². The third kappa shape index (κ3) is 4.75. The number of aryl methyl sites for hydroxylation is 1. The van der Waals surface area contributed by atoms with Crippen LogP contribution in [0.15, 0.2) is 22.3 Å². The van der Waals surface area contributed by atoms with E-state index in [1.165, 1.54) is 0 Å². The first-order chi connectivity index (χ1) is 11.3. The maximum Gasteiger partial charge on any atom is 0.525 e. The predicted octanol–water partition coefficient (Wildman–Crippen LogP) is 5.11. The minimum atomic E-state index is -1.04. The van der Waals surface area contributed by atoms with E-state index in [-0.39, 0.29) is 5.60 Å². The molecule has 0 bridgehead atoms. The summed E-state index contributed by atoms with van der Waals surface area (Å²) in [6, 6.07) is 3.59. The number of furan rings is 1. The molecule has 0 radical (unpaired) electrons. The van der Waals surface area contributed by atoms with Gasteiger partial charge in [0.15, 0.2) is 0 Å². The standard InChI is InChI=1S/C19H30BFO4/c1-13-9-10-15(23-13)14(11-12-22-17(2,3)4)16(21)20-24-18(5,6)19(7,8)25-20/h9-10H,11-12H2,1-8H3. The lowest BCUT2D eigenvalue weighted by molar-refractivity contribution is 0.000453. The fourth-order valence-electron chi connectivity index (χ4n) is 2.51. The summed E-state index contributed by atoms with van der Waals surface area (Å²) < 4.78 is 38.4. The molecule has 1 aromatic heterocycles. The number of hydrogen-bond donors (Lipinski definition) is 0. The molecule has 2 rings (SSSR count). The second kappa shape index (κ2) is 6.90. The monoisotopic (exact) mass is 352 g/mol. The summed E-state index contributed by atoms with van der Waals surface area (Å²) in [5.41, 5.74) is -1.51. The summed E-state index contributed by atoms with van der Waals surface area (Å²) in [5, 5.41) is 0. The Balaban J connectivity index is 2.28. The molecule has 0 aromatic carbocycles. The minimum Gasteiger partial charge on any atom is -0.462 e. The molecule has 25 heavy (non-hydrogen) atoms. The molecule has 1 fully saturated rings. The normalized spacial score (nSPS) is 20.8. The quantitative estimate of drug-likeness (QED) is 0.691. The van der Waals surface area contributed by atoms with E-state index in [1.807, 2.05) is 61.5 Å². The lowest BCUT2D eigenvalue weighted by Gasteiger charge is -2.32. The van der Waals surface area contributed by atoms with Crippen molar-refractivity contribution in [1.82, 2.24) is 0 Å². The highest BCUT2D eigenvalue weighted by atomic mass is 19.1. The Labute approximate surface area is 150 Å². The van der Waals surface area contributed by atoms with E-state index in [0.29, 0.717) is 24.4 Å². The summed E-state index contributed by atoms with van der Waals surface area (Å²) in [4.78, 5) is 0. The van der Waals surface area contributed by atoms with E-state index >= 15 is 4.39 Å². The Morgan fingerprint density at radius 3 is 2.12 bits per heavy atom. The second-order valence-corrected chi connectivity index (χ2v) is 8.54.